The summed E-state index contributed by atoms with van der Waals surface area (Å²) in [7, 11) is 0. The van der Waals surface area contributed by atoms with E-state index in [-0.39, 0.29) is 18.7 Å². The van der Waals surface area contributed by atoms with Gasteiger partial charge in [-0.3, -0.25) is 0 Å². The van der Waals surface area contributed by atoms with Crippen molar-refractivity contribution in [3.63, 3.8) is 0 Å². The molecule has 3 N–H and O–H groups in total. The van der Waals surface area contributed by atoms with Crippen molar-refractivity contribution < 1.29 is 9.90 Å². The standard InChI is InChI=1S/C9H18N2O2/c1-7(6-12)10-9(13)11-8-4-2-3-5-8/h7-8,12H,2-6H2,1H3,(H2,10,11,13)/t7-/m1/s1. The van der Waals surface area contributed by atoms with E-state index in [9.17, 15) is 4.79 Å². The summed E-state index contributed by atoms with van der Waals surface area (Å²) in [5.41, 5.74) is 0. The molecule has 0 aromatic heterocycles. The van der Waals surface area contributed by atoms with Crippen molar-refractivity contribution in [2.24, 2.45) is 0 Å². The molecule has 76 valence electrons. The first-order valence-electron chi connectivity index (χ1n) is 4.90. The van der Waals surface area contributed by atoms with Crippen molar-refractivity contribution in [1.29, 1.82) is 0 Å². The molecule has 1 aliphatic carbocycles. The minimum atomic E-state index is -0.165. The van der Waals surface area contributed by atoms with Crippen LogP contribution in [0, 0.1) is 0 Å². The van der Waals surface area contributed by atoms with Gasteiger partial charge in [0.25, 0.3) is 0 Å². The van der Waals surface area contributed by atoms with Gasteiger partial charge >= 0.3 is 6.03 Å². The molecular formula is C9H18N2O2. The van der Waals surface area contributed by atoms with E-state index < -0.39 is 0 Å². The summed E-state index contributed by atoms with van der Waals surface area (Å²) in [6.07, 6.45) is 4.59. The molecule has 0 radical (unpaired) electrons. The smallest absolute Gasteiger partial charge is 0.315 e. The van der Waals surface area contributed by atoms with Crippen LogP contribution in [0.1, 0.15) is 32.6 Å². The highest BCUT2D eigenvalue weighted by Crippen LogP contribution is 2.17. The molecule has 1 saturated carbocycles. The molecule has 1 rings (SSSR count). The van der Waals surface area contributed by atoms with Crippen LogP contribution in [0.2, 0.25) is 0 Å². The second-order valence-electron chi connectivity index (χ2n) is 3.68. The Morgan fingerprint density at radius 1 is 1.54 bits per heavy atom. The number of aliphatic hydroxyl groups is 1. The van der Waals surface area contributed by atoms with Crippen molar-refractivity contribution >= 4 is 6.03 Å². The molecule has 0 heterocycles. The number of hydrogen-bond acceptors (Lipinski definition) is 2. The van der Waals surface area contributed by atoms with Crippen LogP contribution in [0.25, 0.3) is 0 Å². The van der Waals surface area contributed by atoms with E-state index in [2.05, 4.69) is 10.6 Å². The van der Waals surface area contributed by atoms with Crippen LogP contribution in [0.4, 0.5) is 4.79 Å². The minimum Gasteiger partial charge on any atom is -0.394 e. The molecule has 4 nitrogen and oxygen atoms in total. The number of carbonyl (C=O) groups is 1. The molecule has 1 fully saturated rings. The van der Waals surface area contributed by atoms with E-state index in [1.807, 2.05) is 0 Å². The zero-order valence-corrected chi connectivity index (χ0v) is 8.05. The summed E-state index contributed by atoms with van der Waals surface area (Å²) < 4.78 is 0. The van der Waals surface area contributed by atoms with Crippen LogP contribution >= 0.6 is 0 Å². The number of urea groups is 1. The Balaban J connectivity index is 2.16. The Hall–Kier alpha value is -0.770. The summed E-state index contributed by atoms with van der Waals surface area (Å²) in [4.78, 5) is 11.2. The molecule has 0 bridgehead atoms. The fourth-order valence-corrected chi connectivity index (χ4v) is 1.57. The normalized spacial score (nSPS) is 19.8. The first kappa shape index (κ1) is 10.3. The van der Waals surface area contributed by atoms with Gasteiger partial charge in [0.2, 0.25) is 0 Å². The molecule has 0 spiro atoms. The van der Waals surface area contributed by atoms with E-state index in [1.165, 1.54) is 12.8 Å². The Morgan fingerprint density at radius 3 is 2.69 bits per heavy atom. The van der Waals surface area contributed by atoms with Gasteiger partial charge in [0.05, 0.1) is 12.6 Å². The van der Waals surface area contributed by atoms with Crippen molar-refractivity contribution in [2.45, 2.75) is 44.7 Å². The number of amides is 2. The van der Waals surface area contributed by atoms with Crippen molar-refractivity contribution in [1.82, 2.24) is 10.6 Å². The van der Waals surface area contributed by atoms with Crippen LogP contribution in [0.3, 0.4) is 0 Å². The van der Waals surface area contributed by atoms with E-state index >= 15 is 0 Å². The Labute approximate surface area is 78.7 Å². The van der Waals surface area contributed by atoms with Gasteiger partial charge in [0, 0.05) is 6.04 Å². The number of rotatable bonds is 3. The molecule has 2 amide bonds. The van der Waals surface area contributed by atoms with Gasteiger partial charge in [-0.15, -0.1) is 0 Å². The number of hydrogen-bond donors (Lipinski definition) is 3. The molecule has 1 atom stereocenters. The highest BCUT2D eigenvalue weighted by atomic mass is 16.3. The zero-order chi connectivity index (χ0) is 9.68. The first-order valence-corrected chi connectivity index (χ1v) is 4.90. The van der Waals surface area contributed by atoms with E-state index in [0.29, 0.717) is 6.04 Å². The van der Waals surface area contributed by atoms with Gasteiger partial charge < -0.3 is 15.7 Å². The summed E-state index contributed by atoms with van der Waals surface area (Å²) in [6.45, 7) is 1.76. The maximum Gasteiger partial charge on any atom is 0.315 e. The quantitative estimate of drug-likeness (QED) is 0.604. The molecular weight excluding hydrogens is 168 g/mol. The van der Waals surface area contributed by atoms with Crippen LogP contribution in [-0.4, -0.2) is 29.8 Å². The second kappa shape index (κ2) is 5.07. The molecule has 13 heavy (non-hydrogen) atoms. The lowest BCUT2D eigenvalue weighted by Crippen LogP contribution is -2.45. The van der Waals surface area contributed by atoms with Gasteiger partial charge in [-0.2, -0.15) is 0 Å². The summed E-state index contributed by atoms with van der Waals surface area (Å²) >= 11 is 0. The predicted molar refractivity (Wildman–Crippen MR) is 50.5 cm³/mol. The number of aliphatic hydroxyl groups excluding tert-OH is 1. The Morgan fingerprint density at radius 2 is 2.15 bits per heavy atom. The second-order valence-corrected chi connectivity index (χ2v) is 3.68. The molecule has 0 unspecified atom stereocenters. The van der Waals surface area contributed by atoms with Gasteiger partial charge in [0.1, 0.15) is 0 Å². The van der Waals surface area contributed by atoms with Gasteiger partial charge in [-0.05, 0) is 19.8 Å². The average molecular weight is 186 g/mol. The third-order valence-corrected chi connectivity index (χ3v) is 2.34. The summed E-state index contributed by atoms with van der Waals surface area (Å²) in [5, 5.41) is 14.2. The maximum atomic E-state index is 11.2. The van der Waals surface area contributed by atoms with Crippen LogP contribution in [-0.2, 0) is 0 Å². The van der Waals surface area contributed by atoms with Gasteiger partial charge in [-0.25, -0.2) is 4.79 Å². The van der Waals surface area contributed by atoms with Crippen LogP contribution in [0.5, 0.6) is 0 Å². The van der Waals surface area contributed by atoms with Crippen LogP contribution < -0.4 is 10.6 Å². The topological polar surface area (TPSA) is 61.4 Å². The summed E-state index contributed by atoms with van der Waals surface area (Å²) in [6, 6.07) is 0.0146. The van der Waals surface area contributed by atoms with Gasteiger partial charge in [0.15, 0.2) is 0 Å². The highest BCUT2D eigenvalue weighted by Gasteiger charge is 2.17. The minimum absolute atomic E-state index is 0.0158. The molecule has 1 aliphatic rings. The molecule has 0 saturated heterocycles. The molecule has 0 aliphatic heterocycles. The van der Waals surface area contributed by atoms with Crippen molar-refractivity contribution in [2.75, 3.05) is 6.61 Å². The third-order valence-electron chi connectivity index (χ3n) is 2.34. The fourth-order valence-electron chi connectivity index (χ4n) is 1.57. The Kier molecular flexibility index (Phi) is 4.02. The van der Waals surface area contributed by atoms with E-state index in [1.54, 1.807) is 6.92 Å². The maximum absolute atomic E-state index is 11.2. The number of carbonyl (C=O) groups excluding carboxylic acids is 1. The van der Waals surface area contributed by atoms with Gasteiger partial charge in [-0.1, -0.05) is 12.8 Å². The lowest BCUT2D eigenvalue weighted by molar-refractivity contribution is 0.217. The fraction of sp³-hybridized carbons (Fsp3) is 0.889. The van der Waals surface area contributed by atoms with E-state index in [0.717, 1.165) is 12.8 Å². The molecule has 0 aromatic carbocycles. The third kappa shape index (κ3) is 3.63. The highest BCUT2D eigenvalue weighted by molar-refractivity contribution is 5.74. The first-order chi connectivity index (χ1) is 6.22. The lowest BCUT2D eigenvalue weighted by atomic mass is 10.2. The van der Waals surface area contributed by atoms with Crippen molar-refractivity contribution in [3.8, 4) is 0 Å². The predicted octanol–water partition coefficient (Wildman–Crippen LogP) is 0.609. The number of nitrogens with one attached hydrogen (secondary N) is 2. The average Bonchev–Trinajstić information content (AvgIpc) is 2.56. The molecule has 0 aromatic rings. The van der Waals surface area contributed by atoms with E-state index in [4.69, 9.17) is 5.11 Å². The largest absolute Gasteiger partial charge is 0.394 e. The van der Waals surface area contributed by atoms with Crippen LogP contribution in [0.15, 0.2) is 0 Å². The van der Waals surface area contributed by atoms with Crippen molar-refractivity contribution in [3.05, 3.63) is 0 Å². The molecule has 4 heteroatoms. The summed E-state index contributed by atoms with van der Waals surface area (Å²) in [5.74, 6) is 0. The SMILES string of the molecule is C[C@H](CO)NC(=O)NC1CCCC1. The zero-order valence-electron chi connectivity index (χ0n) is 8.05. The Bertz CT molecular complexity index is 167. The monoisotopic (exact) mass is 186 g/mol. The lowest BCUT2D eigenvalue weighted by Gasteiger charge is -2.15.